The highest BCUT2D eigenvalue weighted by Gasteiger charge is 2.53. The summed E-state index contributed by atoms with van der Waals surface area (Å²) in [4.78, 5) is 16.3. The van der Waals surface area contributed by atoms with Crippen molar-refractivity contribution in [1.82, 2.24) is 15.5 Å². The molecule has 0 saturated heterocycles. The van der Waals surface area contributed by atoms with Gasteiger partial charge in [-0.05, 0) is 49.1 Å². The molecule has 7 heteroatoms. The van der Waals surface area contributed by atoms with E-state index in [1.807, 2.05) is 42.6 Å². The first kappa shape index (κ1) is 20.2. The van der Waals surface area contributed by atoms with Gasteiger partial charge < -0.3 is 24.3 Å². The normalized spacial score (nSPS) is 14.3. The molecule has 0 radical (unpaired) electrons. The van der Waals surface area contributed by atoms with E-state index in [0.29, 0.717) is 29.5 Å². The maximum Gasteiger partial charge on any atom is 0.232 e. The van der Waals surface area contributed by atoms with E-state index < -0.39 is 5.41 Å². The van der Waals surface area contributed by atoms with E-state index in [-0.39, 0.29) is 5.91 Å². The van der Waals surface area contributed by atoms with E-state index in [1.54, 1.807) is 14.2 Å². The lowest BCUT2D eigenvalue weighted by Gasteiger charge is -2.12. The van der Waals surface area contributed by atoms with Gasteiger partial charge in [0.05, 0.1) is 25.3 Å². The molecule has 0 bridgehead atoms. The summed E-state index contributed by atoms with van der Waals surface area (Å²) in [5.41, 5.74) is 3.20. The van der Waals surface area contributed by atoms with Gasteiger partial charge in [0.2, 0.25) is 5.91 Å². The Balaban J connectivity index is 1.27. The maximum absolute atomic E-state index is 13.0. The maximum atomic E-state index is 13.0. The number of benzene rings is 2. The van der Waals surface area contributed by atoms with Crippen LogP contribution in [0.25, 0.3) is 22.2 Å². The van der Waals surface area contributed by atoms with Gasteiger partial charge in [-0.2, -0.15) is 0 Å². The number of carbonyl (C=O) groups is 1. The number of para-hydroxylation sites is 1. The van der Waals surface area contributed by atoms with E-state index in [4.69, 9.17) is 14.0 Å². The van der Waals surface area contributed by atoms with E-state index in [2.05, 4.69) is 27.6 Å². The number of nitrogens with zero attached hydrogens (tertiary/aromatic N) is 1. The minimum atomic E-state index is -0.599. The van der Waals surface area contributed by atoms with Crippen molar-refractivity contribution in [3.63, 3.8) is 0 Å². The number of H-pyrrole nitrogens is 1. The van der Waals surface area contributed by atoms with E-state index in [9.17, 15) is 4.79 Å². The lowest BCUT2D eigenvalue weighted by Crippen LogP contribution is -2.36. The second-order valence-electron chi connectivity index (χ2n) is 8.09. The van der Waals surface area contributed by atoms with Crippen LogP contribution in [0.15, 0.2) is 59.3 Å². The van der Waals surface area contributed by atoms with Crippen LogP contribution in [-0.4, -0.2) is 36.8 Å². The van der Waals surface area contributed by atoms with Gasteiger partial charge in [0, 0.05) is 35.3 Å². The van der Waals surface area contributed by atoms with Gasteiger partial charge in [-0.15, -0.1) is 0 Å². The fourth-order valence-electron chi connectivity index (χ4n) is 4.17. The summed E-state index contributed by atoms with van der Waals surface area (Å²) in [6.45, 7) is 0.572. The third-order valence-electron chi connectivity index (χ3n) is 6.21. The van der Waals surface area contributed by atoms with Crippen LogP contribution >= 0.6 is 0 Å². The number of aromatic nitrogens is 2. The molecule has 1 amide bonds. The lowest BCUT2D eigenvalue weighted by atomic mass is 10.00. The quantitative estimate of drug-likeness (QED) is 0.436. The number of carbonyl (C=O) groups excluding carboxylic acids is 1. The van der Waals surface area contributed by atoms with Crippen LogP contribution in [0.3, 0.4) is 0 Å². The zero-order chi connectivity index (χ0) is 22.1. The molecule has 0 unspecified atom stereocenters. The number of nitrogens with one attached hydrogen (secondary N) is 2. The summed E-state index contributed by atoms with van der Waals surface area (Å²) in [7, 11) is 3.19. The van der Waals surface area contributed by atoms with Crippen LogP contribution in [0, 0.1) is 0 Å². The van der Waals surface area contributed by atoms with E-state index in [0.717, 1.165) is 30.3 Å². The molecular weight excluding hydrogens is 406 g/mol. The molecule has 2 N–H and O–H groups in total. The van der Waals surface area contributed by atoms with Crippen LogP contribution in [-0.2, 0) is 16.6 Å². The number of aromatic amines is 1. The Bertz CT molecular complexity index is 1270. The Morgan fingerprint density at radius 2 is 1.94 bits per heavy atom. The Hall–Kier alpha value is -3.74. The largest absolute Gasteiger partial charge is 0.493 e. The molecule has 2 aromatic carbocycles. The highest BCUT2D eigenvalue weighted by Crippen LogP contribution is 2.48. The number of methoxy groups -OCH3 is 2. The number of rotatable bonds is 8. The molecule has 4 aromatic rings. The summed E-state index contributed by atoms with van der Waals surface area (Å²) in [5, 5.41) is 8.52. The van der Waals surface area contributed by atoms with Gasteiger partial charge in [0.15, 0.2) is 17.3 Å². The first-order chi connectivity index (χ1) is 15.6. The smallest absolute Gasteiger partial charge is 0.232 e. The third-order valence-corrected chi connectivity index (χ3v) is 6.21. The Morgan fingerprint density at radius 3 is 2.72 bits per heavy atom. The molecule has 1 aliphatic rings. The lowest BCUT2D eigenvalue weighted by molar-refractivity contribution is -0.123. The summed E-state index contributed by atoms with van der Waals surface area (Å²) in [6, 6.07) is 15.6. The molecule has 0 spiro atoms. The van der Waals surface area contributed by atoms with Gasteiger partial charge in [-0.1, -0.05) is 23.4 Å². The third kappa shape index (κ3) is 3.49. The molecule has 1 fully saturated rings. The van der Waals surface area contributed by atoms with Crippen LogP contribution in [0.1, 0.15) is 24.1 Å². The van der Waals surface area contributed by atoms with Gasteiger partial charge in [0.1, 0.15) is 0 Å². The molecule has 2 aromatic heterocycles. The highest BCUT2D eigenvalue weighted by atomic mass is 16.5. The first-order valence-corrected chi connectivity index (χ1v) is 10.7. The summed E-state index contributed by atoms with van der Waals surface area (Å²) in [5.74, 6) is 1.85. The molecule has 0 atom stereocenters. The van der Waals surface area contributed by atoms with Gasteiger partial charge in [-0.25, -0.2) is 0 Å². The van der Waals surface area contributed by atoms with Crippen molar-refractivity contribution in [3.05, 3.63) is 66.0 Å². The molecule has 32 heavy (non-hydrogen) atoms. The number of hydrogen-bond donors (Lipinski definition) is 2. The molecule has 7 nitrogen and oxygen atoms in total. The van der Waals surface area contributed by atoms with Crippen LogP contribution in [0.5, 0.6) is 11.5 Å². The van der Waals surface area contributed by atoms with E-state index in [1.165, 1.54) is 10.9 Å². The zero-order valence-electron chi connectivity index (χ0n) is 18.1. The van der Waals surface area contributed by atoms with Gasteiger partial charge in [0.25, 0.3) is 0 Å². The number of hydrogen-bond acceptors (Lipinski definition) is 5. The minimum absolute atomic E-state index is 0.00417. The van der Waals surface area contributed by atoms with Crippen LogP contribution in [0.2, 0.25) is 0 Å². The minimum Gasteiger partial charge on any atom is -0.493 e. The monoisotopic (exact) mass is 431 g/mol. The number of amides is 1. The van der Waals surface area contributed by atoms with Gasteiger partial charge in [-0.3, -0.25) is 4.79 Å². The Morgan fingerprint density at radius 1 is 1.12 bits per heavy atom. The topological polar surface area (TPSA) is 89.4 Å². The fraction of sp³-hybridized carbons (Fsp3) is 0.280. The van der Waals surface area contributed by atoms with Crippen molar-refractivity contribution in [2.24, 2.45) is 0 Å². The summed E-state index contributed by atoms with van der Waals surface area (Å²) >= 11 is 0. The average Bonchev–Trinajstić information content (AvgIpc) is 3.31. The Kier molecular flexibility index (Phi) is 5.09. The second-order valence-corrected chi connectivity index (χ2v) is 8.09. The predicted octanol–water partition coefficient (Wildman–Crippen LogP) is 4.23. The zero-order valence-corrected chi connectivity index (χ0v) is 18.1. The van der Waals surface area contributed by atoms with Crippen LogP contribution < -0.4 is 14.8 Å². The van der Waals surface area contributed by atoms with Crippen LogP contribution in [0.4, 0.5) is 0 Å². The fourth-order valence-corrected chi connectivity index (χ4v) is 4.17. The molecular formula is C25H25N3O4. The van der Waals surface area contributed by atoms with Crippen molar-refractivity contribution in [1.29, 1.82) is 0 Å². The molecule has 1 saturated carbocycles. The SMILES string of the molecule is COc1ccc(-c2cc(C3(C(=O)NCCc4c[nH]c5ccccc45)CC3)no2)cc1OC. The summed E-state index contributed by atoms with van der Waals surface area (Å²) < 4.78 is 16.2. The first-order valence-electron chi connectivity index (χ1n) is 10.7. The molecule has 2 heterocycles. The van der Waals surface area contributed by atoms with Crippen molar-refractivity contribution in [3.8, 4) is 22.8 Å². The summed E-state index contributed by atoms with van der Waals surface area (Å²) in [6.07, 6.45) is 4.31. The van der Waals surface area contributed by atoms with Crippen molar-refractivity contribution in [2.75, 3.05) is 20.8 Å². The number of fused-ring (bicyclic) bond motifs is 1. The highest BCUT2D eigenvalue weighted by molar-refractivity contribution is 5.91. The molecule has 0 aliphatic heterocycles. The van der Waals surface area contributed by atoms with Gasteiger partial charge >= 0.3 is 0 Å². The predicted molar refractivity (Wildman–Crippen MR) is 121 cm³/mol. The standard InChI is InChI=1S/C25H25N3O4/c1-30-20-8-7-16(13-22(20)31-2)21-14-23(28-32-21)25(10-11-25)24(29)26-12-9-17-15-27-19-6-4-3-5-18(17)19/h3-8,13-15,27H,9-12H2,1-2H3,(H,26,29). The Labute approximate surface area is 185 Å². The van der Waals surface area contributed by atoms with Crippen molar-refractivity contribution < 1.29 is 18.8 Å². The second kappa shape index (κ2) is 8.07. The molecule has 1 aliphatic carbocycles. The number of ether oxygens (including phenoxy) is 2. The molecule has 5 rings (SSSR count). The van der Waals surface area contributed by atoms with E-state index >= 15 is 0 Å². The van der Waals surface area contributed by atoms with Crippen molar-refractivity contribution in [2.45, 2.75) is 24.7 Å². The average molecular weight is 431 g/mol. The van der Waals surface area contributed by atoms with Crippen molar-refractivity contribution >= 4 is 16.8 Å². The molecule has 164 valence electrons.